The van der Waals surface area contributed by atoms with Crippen LogP contribution < -0.4 is 10.2 Å². The van der Waals surface area contributed by atoms with Gasteiger partial charge in [-0.15, -0.1) is 15.3 Å². The zero-order valence-corrected chi connectivity index (χ0v) is 13.5. The molecule has 23 heavy (non-hydrogen) atoms. The molecule has 8 nitrogen and oxygen atoms in total. The summed E-state index contributed by atoms with van der Waals surface area (Å²) in [5, 5.41) is 15.6. The van der Waals surface area contributed by atoms with Crippen LogP contribution >= 0.6 is 0 Å². The summed E-state index contributed by atoms with van der Waals surface area (Å²) in [6.07, 6.45) is 1.88. The van der Waals surface area contributed by atoms with Gasteiger partial charge in [0, 0.05) is 26.7 Å². The molecule has 1 N–H and O–H groups in total. The average Bonchev–Trinajstić information content (AvgIpc) is 2.96. The van der Waals surface area contributed by atoms with Crippen molar-refractivity contribution in [2.75, 3.05) is 38.3 Å². The standard InChI is InChI=1S/C15H22N6O2/c1-11-17-18-13-5-6-14(19-21(11)13)20-8-3-4-12(10-20)15(22)16-7-9-23-2/h5-6,12H,3-4,7-10H2,1-2H3,(H,16,22)/t12-/m0/s1. The highest BCUT2D eigenvalue weighted by Crippen LogP contribution is 2.22. The average molecular weight is 318 g/mol. The van der Waals surface area contributed by atoms with Crippen LogP contribution in [0.15, 0.2) is 12.1 Å². The first-order valence-electron chi connectivity index (χ1n) is 7.89. The molecule has 124 valence electrons. The lowest BCUT2D eigenvalue weighted by atomic mass is 9.97. The minimum absolute atomic E-state index is 0.0138. The molecule has 2 aromatic heterocycles. The summed E-state index contributed by atoms with van der Waals surface area (Å²) >= 11 is 0. The van der Waals surface area contributed by atoms with Gasteiger partial charge in [0.2, 0.25) is 5.91 Å². The van der Waals surface area contributed by atoms with E-state index in [1.165, 1.54) is 0 Å². The second kappa shape index (κ2) is 6.91. The molecule has 1 fully saturated rings. The summed E-state index contributed by atoms with van der Waals surface area (Å²) < 4.78 is 6.70. The van der Waals surface area contributed by atoms with Gasteiger partial charge in [-0.1, -0.05) is 0 Å². The maximum Gasteiger partial charge on any atom is 0.224 e. The summed E-state index contributed by atoms with van der Waals surface area (Å²) in [5.41, 5.74) is 0.733. The first kappa shape index (κ1) is 15.7. The fraction of sp³-hybridized carbons (Fsp3) is 0.600. The molecule has 0 radical (unpaired) electrons. The molecule has 1 aliphatic rings. The lowest BCUT2D eigenvalue weighted by molar-refractivity contribution is -0.125. The molecule has 1 atom stereocenters. The quantitative estimate of drug-likeness (QED) is 0.804. The summed E-state index contributed by atoms with van der Waals surface area (Å²) in [5.74, 6) is 1.69. The second-order valence-electron chi connectivity index (χ2n) is 5.78. The van der Waals surface area contributed by atoms with E-state index in [9.17, 15) is 4.79 Å². The zero-order chi connectivity index (χ0) is 16.2. The van der Waals surface area contributed by atoms with Gasteiger partial charge < -0.3 is 15.0 Å². The van der Waals surface area contributed by atoms with Gasteiger partial charge in [-0.3, -0.25) is 4.79 Å². The first-order valence-corrected chi connectivity index (χ1v) is 7.89. The van der Waals surface area contributed by atoms with Crippen molar-refractivity contribution in [1.82, 2.24) is 25.1 Å². The van der Waals surface area contributed by atoms with E-state index in [0.29, 0.717) is 19.7 Å². The van der Waals surface area contributed by atoms with Crippen LogP contribution in [0.25, 0.3) is 5.65 Å². The fourth-order valence-electron chi connectivity index (χ4n) is 2.87. The molecule has 0 aromatic carbocycles. The number of carbonyl (C=O) groups is 1. The topological polar surface area (TPSA) is 84.6 Å². The largest absolute Gasteiger partial charge is 0.383 e. The Kier molecular flexibility index (Phi) is 4.71. The van der Waals surface area contributed by atoms with E-state index in [1.54, 1.807) is 11.6 Å². The van der Waals surface area contributed by atoms with Gasteiger partial charge in [-0.2, -0.15) is 4.52 Å². The monoisotopic (exact) mass is 318 g/mol. The number of nitrogens with one attached hydrogen (secondary N) is 1. The highest BCUT2D eigenvalue weighted by molar-refractivity contribution is 5.79. The van der Waals surface area contributed by atoms with Crippen molar-refractivity contribution in [3.63, 3.8) is 0 Å². The number of aromatic nitrogens is 4. The van der Waals surface area contributed by atoms with Crippen LogP contribution in [0, 0.1) is 12.8 Å². The lowest BCUT2D eigenvalue weighted by Gasteiger charge is -2.32. The summed E-state index contributed by atoms with van der Waals surface area (Å²) in [6.45, 7) is 4.54. The van der Waals surface area contributed by atoms with Gasteiger partial charge in [0.25, 0.3) is 0 Å². The second-order valence-corrected chi connectivity index (χ2v) is 5.78. The third kappa shape index (κ3) is 3.42. The minimum atomic E-state index is -0.0138. The van der Waals surface area contributed by atoms with E-state index in [-0.39, 0.29) is 11.8 Å². The number of methoxy groups -OCH3 is 1. The normalized spacial score (nSPS) is 18.3. The summed E-state index contributed by atoms with van der Waals surface area (Å²) in [6, 6.07) is 3.85. The Bertz CT molecular complexity index is 686. The third-order valence-electron chi connectivity index (χ3n) is 4.13. The van der Waals surface area contributed by atoms with E-state index < -0.39 is 0 Å². The van der Waals surface area contributed by atoms with Gasteiger partial charge >= 0.3 is 0 Å². The molecule has 0 unspecified atom stereocenters. The number of nitrogens with zero attached hydrogens (tertiary/aromatic N) is 5. The first-order chi connectivity index (χ1) is 11.2. The van der Waals surface area contributed by atoms with Crippen LogP contribution in [0.3, 0.4) is 0 Å². The molecule has 1 saturated heterocycles. The zero-order valence-electron chi connectivity index (χ0n) is 13.5. The molecule has 1 aliphatic heterocycles. The number of rotatable bonds is 5. The predicted molar refractivity (Wildman–Crippen MR) is 85.3 cm³/mol. The Balaban J connectivity index is 1.69. The molecule has 0 aliphatic carbocycles. The minimum Gasteiger partial charge on any atom is -0.383 e. The Morgan fingerprint density at radius 1 is 1.43 bits per heavy atom. The van der Waals surface area contributed by atoms with Crippen LogP contribution in [0.2, 0.25) is 0 Å². The molecule has 0 bridgehead atoms. The van der Waals surface area contributed by atoms with Gasteiger partial charge in [-0.25, -0.2) is 0 Å². The lowest BCUT2D eigenvalue weighted by Crippen LogP contribution is -2.44. The highest BCUT2D eigenvalue weighted by atomic mass is 16.5. The number of ether oxygens (including phenoxy) is 1. The number of fused-ring (bicyclic) bond motifs is 1. The molecule has 3 heterocycles. The predicted octanol–water partition coefficient (Wildman–Crippen LogP) is 0.412. The van der Waals surface area contributed by atoms with Crippen molar-refractivity contribution in [2.45, 2.75) is 19.8 Å². The highest BCUT2D eigenvalue weighted by Gasteiger charge is 2.26. The van der Waals surface area contributed by atoms with Gasteiger partial charge in [0.05, 0.1) is 12.5 Å². The maximum atomic E-state index is 12.2. The van der Waals surface area contributed by atoms with Crippen molar-refractivity contribution in [1.29, 1.82) is 0 Å². The van der Waals surface area contributed by atoms with Crippen LogP contribution in [-0.2, 0) is 9.53 Å². The van der Waals surface area contributed by atoms with E-state index in [2.05, 4.69) is 25.5 Å². The van der Waals surface area contributed by atoms with Crippen molar-refractivity contribution >= 4 is 17.4 Å². The van der Waals surface area contributed by atoms with Crippen molar-refractivity contribution in [3.8, 4) is 0 Å². The molecule has 0 spiro atoms. The van der Waals surface area contributed by atoms with Crippen molar-refractivity contribution < 1.29 is 9.53 Å². The Morgan fingerprint density at radius 2 is 2.30 bits per heavy atom. The molecular weight excluding hydrogens is 296 g/mol. The molecule has 3 rings (SSSR count). The van der Waals surface area contributed by atoms with Gasteiger partial charge in [0.15, 0.2) is 11.5 Å². The van der Waals surface area contributed by atoms with Crippen molar-refractivity contribution in [3.05, 3.63) is 18.0 Å². The van der Waals surface area contributed by atoms with E-state index in [1.807, 2.05) is 19.1 Å². The molecule has 0 saturated carbocycles. The smallest absolute Gasteiger partial charge is 0.224 e. The number of piperidine rings is 1. The number of aryl methyl sites for hydroxylation is 1. The molecule has 1 amide bonds. The van der Waals surface area contributed by atoms with E-state index in [0.717, 1.165) is 36.7 Å². The van der Waals surface area contributed by atoms with Crippen LogP contribution in [0.5, 0.6) is 0 Å². The van der Waals surface area contributed by atoms with Gasteiger partial charge in [-0.05, 0) is 31.9 Å². The molecular formula is C15H22N6O2. The molecule has 8 heteroatoms. The van der Waals surface area contributed by atoms with Crippen LogP contribution in [-0.4, -0.2) is 59.1 Å². The number of anilines is 1. The number of amides is 1. The van der Waals surface area contributed by atoms with Crippen LogP contribution in [0.4, 0.5) is 5.82 Å². The summed E-state index contributed by atoms with van der Waals surface area (Å²) in [4.78, 5) is 14.4. The molecule has 2 aromatic rings. The fourth-order valence-corrected chi connectivity index (χ4v) is 2.87. The van der Waals surface area contributed by atoms with E-state index >= 15 is 0 Å². The number of carbonyl (C=O) groups excluding carboxylic acids is 1. The Labute approximate surface area is 134 Å². The SMILES string of the molecule is COCCNC(=O)[C@H]1CCCN(c2ccc3nnc(C)n3n2)C1. The van der Waals surface area contributed by atoms with Gasteiger partial charge in [0.1, 0.15) is 5.82 Å². The van der Waals surface area contributed by atoms with E-state index in [4.69, 9.17) is 4.74 Å². The Morgan fingerprint density at radius 3 is 3.13 bits per heavy atom. The van der Waals surface area contributed by atoms with Crippen LogP contribution in [0.1, 0.15) is 18.7 Å². The Hall–Kier alpha value is -2.22. The maximum absolute atomic E-state index is 12.2. The third-order valence-corrected chi connectivity index (χ3v) is 4.13. The summed E-state index contributed by atoms with van der Waals surface area (Å²) in [7, 11) is 1.63. The van der Waals surface area contributed by atoms with Crippen molar-refractivity contribution in [2.24, 2.45) is 5.92 Å². The number of hydrogen-bond acceptors (Lipinski definition) is 6. The number of hydrogen-bond donors (Lipinski definition) is 1.